The minimum Gasteiger partial charge on any atom is -0.497 e. The molecule has 3 rings (SSSR count). The lowest BCUT2D eigenvalue weighted by Crippen LogP contribution is -2.45. The van der Waals surface area contributed by atoms with Gasteiger partial charge in [-0.05, 0) is 24.1 Å². The lowest BCUT2D eigenvalue weighted by Gasteiger charge is -2.30. The Bertz CT molecular complexity index is 694. The van der Waals surface area contributed by atoms with Crippen LogP contribution in [0.25, 0.3) is 0 Å². The van der Waals surface area contributed by atoms with Crippen molar-refractivity contribution < 1.29 is 27.8 Å². The van der Waals surface area contributed by atoms with Crippen molar-refractivity contribution in [2.45, 2.75) is 30.8 Å². The zero-order valence-corrected chi connectivity index (χ0v) is 14.4. The van der Waals surface area contributed by atoms with Crippen molar-refractivity contribution in [3.05, 3.63) is 47.8 Å². The van der Waals surface area contributed by atoms with Crippen molar-refractivity contribution in [3.8, 4) is 0 Å². The van der Waals surface area contributed by atoms with E-state index in [-0.39, 0.29) is 11.8 Å². The molecule has 0 fully saturated rings. The van der Waals surface area contributed by atoms with Crippen LogP contribution in [0.5, 0.6) is 0 Å². The minimum atomic E-state index is -4.47. The van der Waals surface area contributed by atoms with Gasteiger partial charge in [0.1, 0.15) is 5.76 Å². The lowest BCUT2D eigenvalue weighted by molar-refractivity contribution is -0.157. The van der Waals surface area contributed by atoms with Gasteiger partial charge < -0.3 is 14.6 Å². The number of hydrazone groups is 1. The van der Waals surface area contributed by atoms with Gasteiger partial charge in [-0.1, -0.05) is 24.3 Å². The quantitative estimate of drug-likeness (QED) is 0.798. The smallest absolute Gasteiger partial charge is 0.411 e. The normalized spacial score (nSPS) is 34.1. The molecule has 0 spiro atoms. The summed E-state index contributed by atoms with van der Waals surface area (Å²) < 4.78 is 50.9. The first-order valence-corrected chi connectivity index (χ1v) is 8.28. The first kappa shape index (κ1) is 18.7. The fraction of sp³-hybridized carbons (Fsp3) is 0.500. The number of ether oxygens (including phenoxy) is 2. The van der Waals surface area contributed by atoms with Crippen molar-refractivity contribution in [2.75, 3.05) is 14.2 Å². The molecule has 3 aliphatic rings. The predicted octanol–water partition coefficient (Wildman–Crippen LogP) is 2.47. The highest BCUT2D eigenvalue weighted by Crippen LogP contribution is 2.39. The molecule has 1 heterocycles. The van der Waals surface area contributed by atoms with Crippen LogP contribution in [0.15, 0.2) is 52.9 Å². The number of methoxy groups -OCH3 is 2. The van der Waals surface area contributed by atoms with Crippen LogP contribution >= 0.6 is 0 Å². The van der Waals surface area contributed by atoms with Crippen molar-refractivity contribution in [1.82, 2.24) is 5.43 Å². The molecule has 26 heavy (non-hydrogen) atoms. The first-order chi connectivity index (χ1) is 12.3. The second-order valence-electron chi connectivity index (χ2n) is 6.38. The molecule has 0 bridgehead atoms. The molecule has 0 saturated carbocycles. The van der Waals surface area contributed by atoms with Gasteiger partial charge in [-0.25, -0.2) is 0 Å². The third-order valence-corrected chi connectivity index (χ3v) is 4.84. The Morgan fingerprint density at radius 1 is 1.23 bits per heavy atom. The summed E-state index contributed by atoms with van der Waals surface area (Å²) in [7, 11) is 3.02. The van der Waals surface area contributed by atoms with Crippen molar-refractivity contribution in [3.63, 3.8) is 0 Å². The Hall–Kier alpha value is -2.06. The maximum Gasteiger partial charge on any atom is 0.411 e. The van der Waals surface area contributed by atoms with Crippen LogP contribution in [0.2, 0.25) is 0 Å². The summed E-state index contributed by atoms with van der Waals surface area (Å²) in [5.41, 5.74) is 3.00. The SMILES string of the molecule is COC1=CC(O)C(C2=NNC(C(F)(F)F)C2C2=CCC(OC)C=C2)C=C1. The highest BCUT2D eigenvalue weighted by atomic mass is 19.4. The van der Waals surface area contributed by atoms with Gasteiger partial charge in [0.25, 0.3) is 0 Å². The lowest BCUT2D eigenvalue weighted by atomic mass is 9.77. The molecule has 0 radical (unpaired) electrons. The maximum absolute atomic E-state index is 13.5. The van der Waals surface area contributed by atoms with E-state index < -0.39 is 30.2 Å². The molecule has 0 aromatic heterocycles. The van der Waals surface area contributed by atoms with Crippen molar-refractivity contribution in [2.24, 2.45) is 16.9 Å². The van der Waals surface area contributed by atoms with Gasteiger partial charge >= 0.3 is 6.18 Å². The molecule has 5 atom stereocenters. The van der Waals surface area contributed by atoms with E-state index in [0.29, 0.717) is 17.8 Å². The second-order valence-corrected chi connectivity index (χ2v) is 6.38. The Balaban J connectivity index is 1.90. The van der Waals surface area contributed by atoms with Gasteiger partial charge in [-0.15, -0.1) is 0 Å². The molecule has 0 amide bonds. The van der Waals surface area contributed by atoms with E-state index in [1.807, 2.05) is 0 Å². The van der Waals surface area contributed by atoms with E-state index in [0.717, 1.165) is 0 Å². The Morgan fingerprint density at radius 3 is 2.54 bits per heavy atom. The number of alkyl halides is 3. The topological polar surface area (TPSA) is 63.1 Å². The van der Waals surface area contributed by atoms with Gasteiger partial charge in [0, 0.05) is 13.0 Å². The summed E-state index contributed by atoms with van der Waals surface area (Å²) in [4.78, 5) is 0. The third kappa shape index (κ3) is 3.57. The maximum atomic E-state index is 13.5. The first-order valence-electron chi connectivity index (χ1n) is 8.28. The van der Waals surface area contributed by atoms with Gasteiger partial charge in [-0.2, -0.15) is 18.3 Å². The number of nitrogens with one attached hydrogen (secondary N) is 1. The van der Waals surface area contributed by atoms with Crippen LogP contribution in [0, 0.1) is 11.8 Å². The summed E-state index contributed by atoms with van der Waals surface area (Å²) in [5, 5.41) is 14.3. The molecular weight excluding hydrogens is 349 g/mol. The summed E-state index contributed by atoms with van der Waals surface area (Å²) >= 11 is 0. The van der Waals surface area contributed by atoms with E-state index >= 15 is 0 Å². The van der Waals surface area contributed by atoms with Gasteiger partial charge in [0.2, 0.25) is 0 Å². The fourth-order valence-electron chi connectivity index (χ4n) is 3.44. The number of allylic oxidation sites excluding steroid dienone is 2. The average molecular weight is 370 g/mol. The molecule has 5 nitrogen and oxygen atoms in total. The number of halogens is 3. The van der Waals surface area contributed by atoms with Crippen molar-refractivity contribution in [1.29, 1.82) is 0 Å². The monoisotopic (exact) mass is 370 g/mol. The zero-order valence-electron chi connectivity index (χ0n) is 14.4. The summed E-state index contributed by atoms with van der Waals surface area (Å²) in [5.74, 6) is -1.21. The molecule has 8 heteroatoms. The van der Waals surface area contributed by atoms with Crippen LogP contribution in [0.4, 0.5) is 13.2 Å². The minimum absolute atomic E-state index is 0.148. The molecule has 0 saturated heterocycles. The number of hydrogen-bond donors (Lipinski definition) is 2. The molecule has 2 N–H and O–H groups in total. The van der Waals surface area contributed by atoms with Crippen molar-refractivity contribution >= 4 is 5.71 Å². The fourth-order valence-corrected chi connectivity index (χ4v) is 3.44. The number of aliphatic hydroxyl groups excluding tert-OH is 1. The van der Waals surface area contributed by atoms with Gasteiger partial charge in [0.15, 0.2) is 6.04 Å². The second kappa shape index (κ2) is 7.28. The van der Waals surface area contributed by atoms with Crippen LogP contribution < -0.4 is 5.43 Å². The van der Waals surface area contributed by atoms with E-state index in [9.17, 15) is 18.3 Å². The summed E-state index contributed by atoms with van der Waals surface area (Å²) in [6.07, 6.45) is 4.73. The van der Waals surface area contributed by atoms with E-state index in [4.69, 9.17) is 9.47 Å². The van der Waals surface area contributed by atoms with Crippen LogP contribution in [0.1, 0.15) is 6.42 Å². The summed E-state index contributed by atoms with van der Waals surface area (Å²) in [6.45, 7) is 0. The van der Waals surface area contributed by atoms with Crippen LogP contribution in [0.3, 0.4) is 0 Å². The molecule has 1 aliphatic heterocycles. The van der Waals surface area contributed by atoms with Gasteiger partial charge in [-0.3, -0.25) is 5.43 Å². The van der Waals surface area contributed by atoms with Gasteiger partial charge in [0.05, 0.1) is 30.9 Å². The molecule has 5 unspecified atom stereocenters. The zero-order chi connectivity index (χ0) is 18.9. The number of aliphatic hydroxyl groups is 1. The Labute approximate surface area is 149 Å². The van der Waals surface area contributed by atoms with E-state index in [2.05, 4.69) is 10.5 Å². The number of hydrogen-bond acceptors (Lipinski definition) is 5. The standard InChI is InChI=1S/C18H21F3N2O3/c1-25-11-5-3-10(4-6-11)15-16(22-23-17(15)18(19,20)21)13-8-7-12(26-2)9-14(13)24/h3-5,7-9,11,13-15,17,23-24H,6H2,1-2H3. The molecule has 142 valence electrons. The molecule has 2 aliphatic carbocycles. The number of nitrogens with zero attached hydrogens (tertiary/aromatic N) is 1. The van der Waals surface area contributed by atoms with E-state index in [1.165, 1.54) is 13.2 Å². The van der Waals surface area contributed by atoms with Crippen LogP contribution in [-0.4, -0.2) is 49.5 Å². The van der Waals surface area contributed by atoms with E-state index in [1.54, 1.807) is 37.5 Å². The Kier molecular flexibility index (Phi) is 5.24. The third-order valence-electron chi connectivity index (χ3n) is 4.84. The predicted molar refractivity (Wildman–Crippen MR) is 90.3 cm³/mol. The molecular formula is C18H21F3N2O3. The molecule has 0 aromatic carbocycles. The van der Waals surface area contributed by atoms with Crippen LogP contribution in [-0.2, 0) is 9.47 Å². The summed E-state index contributed by atoms with van der Waals surface area (Å²) in [6, 6.07) is -1.83. The largest absolute Gasteiger partial charge is 0.497 e. The Morgan fingerprint density at radius 2 is 2.00 bits per heavy atom. The highest BCUT2D eigenvalue weighted by molar-refractivity contribution is 5.96. The highest BCUT2D eigenvalue weighted by Gasteiger charge is 2.52. The molecule has 0 aromatic rings. The number of rotatable bonds is 4. The average Bonchev–Trinajstić information content (AvgIpc) is 3.06.